The summed E-state index contributed by atoms with van der Waals surface area (Å²) in [6.45, 7) is 0.912. The molecule has 0 atom stereocenters. The van der Waals surface area contributed by atoms with Gasteiger partial charge in [0.05, 0.1) is 25.2 Å². The van der Waals surface area contributed by atoms with Crippen LogP contribution in [0.2, 0.25) is 0 Å². The molecule has 0 saturated carbocycles. The van der Waals surface area contributed by atoms with Crippen LogP contribution in [0.1, 0.15) is 21.8 Å². The topological polar surface area (TPSA) is 101 Å². The van der Waals surface area contributed by atoms with Gasteiger partial charge in [-0.15, -0.1) is 0 Å². The molecule has 0 fully saturated rings. The largest absolute Gasteiger partial charge is 0.479 e. The number of aromatic nitrogens is 3. The highest BCUT2D eigenvalue weighted by Crippen LogP contribution is 2.16. The Morgan fingerprint density at radius 1 is 1.43 bits per heavy atom. The number of methoxy groups -OCH3 is 1. The van der Waals surface area contributed by atoms with E-state index in [1.54, 1.807) is 4.90 Å². The number of aromatic amines is 1. The van der Waals surface area contributed by atoms with Crippen molar-refractivity contribution >= 4 is 5.91 Å². The molecule has 0 radical (unpaired) electrons. The fourth-order valence-corrected chi connectivity index (χ4v) is 2.35. The molecule has 110 valence electrons. The zero-order chi connectivity index (χ0) is 14.8. The normalized spacial score (nSPS) is 14.4. The molecular weight excluding hydrogens is 276 g/mol. The molecule has 8 heteroatoms. The third-order valence-corrected chi connectivity index (χ3v) is 3.48. The summed E-state index contributed by atoms with van der Waals surface area (Å²) in [5.74, 6) is 0.115. The van der Waals surface area contributed by atoms with Gasteiger partial charge in [0.1, 0.15) is 0 Å². The Hall–Kier alpha value is -2.64. The van der Waals surface area contributed by atoms with Gasteiger partial charge in [-0.1, -0.05) is 0 Å². The number of ether oxygens (including phenoxy) is 1. The molecule has 2 aromatic heterocycles. The molecule has 2 aromatic rings. The molecule has 0 aliphatic carbocycles. The zero-order valence-electron chi connectivity index (χ0n) is 11.5. The van der Waals surface area contributed by atoms with Crippen molar-refractivity contribution in [1.82, 2.24) is 20.0 Å². The zero-order valence-corrected chi connectivity index (χ0v) is 11.5. The van der Waals surface area contributed by atoms with Crippen molar-refractivity contribution in [2.75, 3.05) is 20.2 Å². The van der Waals surface area contributed by atoms with E-state index in [1.807, 2.05) is 0 Å². The molecule has 1 aliphatic heterocycles. The van der Waals surface area contributed by atoms with Crippen LogP contribution in [-0.2, 0) is 12.8 Å². The highest BCUT2D eigenvalue weighted by Gasteiger charge is 2.24. The van der Waals surface area contributed by atoms with Crippen molar-refractivity contribution < 1.29 is 14.1 Å². The Kier molecular flexibility index (Phi) is 3.43. The molecule has 8 nitrogen and oxygen atoms in total. The summed E-state index contributed by atoms with van der Waals surface area (Å²) in [5.41, 5.74) is 1.24. The van der Waals surface area contributed by atoms with Crippen LogP contribution in [0.4, 0.5) is 0 Å². The minimum atomic E-state index is -0.268. The van der Waals surface area contributed by atoms with Crippen LogP contribution in [0.5, 0.6) is 5.88 Å². The van der Waals surface area contributed by atoms with E-state index in [2.05, 4.69) is 15.1 Å². The number of fused-ring (bicyclic) bond motifs is 1. The summed E-state index contributed by atoms with van der Waals surface area (Å²) < 4.78 is 9.85. The number of rotatable bonds is 2. The fraction of sp³-hybridized carbons (Fsp3) is 0.385. The number of hydrogen-bond acceptors (Lipinski definition) is 6. The third-order valence-electron chi connectivity index (χ3n) is 3.48. The predicted molar refractivity (Wildman–Crippen MR) is 71.2 cm³/mol. The summed E-state index contributed by atoms with van der Waals surface area (Å²) in [6, 6.07) is 1.45. The smallest absolute Gasteiger partial charge is 0.292 e. The highest BCUT2D eigenvalue weighted by molar-refractivity contribution is 5.91. The number of nitrogens with one attached hydrogen (secondary N) is 1. The highest BCUT2D eigenvalue weighted by atomic mass is 16.5. The van der Waals surface area contributed by atoms with Crippen LogP contribution >= 0.6 is 0 Å². The summed E-state index contributed by atoms with van der Waals surface area (Å²) in [7, 11) is 1.45. The van der Waals surface area contributed by atoms with Gasteiger partial charge in [0.15, 0.2) is 0 Å². The number of carbonyl (C=O) groups excluding carboxylic acids is 1. The number of carbonyl (C=O) groups is 1. The summed E-state index contributed by atoms with van der Waals surface area (Å²) in [5, 5.41) is 3.62. The number of nitrogens with zero attached hydrogens (tertiary/aromatic N) is 3. The molecule has 1 aliphatic rings. The maximum atomic E-state index is 12.3. The first-order chi connectivity index (χ1) is 10.2. The van der Waals surface area contributed by atoms with Crippen molar-refractivity contribution in [2.45, 2.75) is 12.8 Å². The molecule has 3 heterocycles. The maximum Gasteiger partial charge on any atom is 0.292 e. The monoisotopic (exact) mass is 290 g/mol. The lowest BCUT2D eigenvalue weighted by molar-refractivity contribution is 0.0720. The Labute approximate surface area is 119 Å². The fourth-order valence-electron chi connectivity index (χ4n) is 2.35. The van der Waals surface area contributed by atoms with E-state index in [0.717, 1.165) is 5.69 Å². The van der Waals surface area contributed by atoms with Gasteiger partial charge in [0.2, 0.25) is 5.76 Å². The molecule has 1 N–H and O–H groups in total. The molecule has 0 saturated heterocycles. The first-order valence-electron chi connectivity index (χ1n) is 6.54. The van der Waals surface area contributed by atoms with Crippen LogP contribution in [0.15, 0.2) is 21.7 Å². The van der Waals surface area contributed by atoms with Gasteiger partial charge < -0.3 is 19.1 Å². The van der Waals surface area contributed by atoms with Crippen LogP contribution in [0.3, 0.4) is 0 Å². The van der Waals surface area contributed by atoms with Crippen LogP contribution < -0.4 is 10.3 Å². The molecule has 0 spiro atoms. The van der Waals surface area contributed by atoms with Gasteiger partial charge in [-0.05, 0) is 11.6 Å². The lowest BCUT2D eigenvalue weighted by atomic mass is 10.1. The van der Waals surface area contributed by atoms with Gasteiger partial charge in [-0.25, -0.2) is 4.98 Å². The third kappa shape index (κ3) is 2.51. The first kappa shape index (κ1) is 13.3. The van der Waals surface area contributed by atoms with Crippen molar-refractivity contribution in [3.8, 4) is 5.88 Å². The molecule has 0 bridgehead atoms. The molecule has 0 aromatic carbocycles. The van der Waals surface area contributed by atoms with Gasteiger partial charge in [-0.2, -0.15) is 0 Å². The summed E-state index contributed by atoms with van der Waals surface area (Å²) in [6.07, 6.45) is 2.39. The SMILES string of the molecule is COc1cc(C(=O)N2CCc3nc[nH]c(=O)c3CC2)on1. The van der Waals surface area contributed by atoms with Crippen molar-refractivity contribution in [2.24, 2.45) is 0 Å². The molecular formula is C13H14N4O4. The predicted octanol–water partition coefficient (Wildman–Crippen LogP) is 0.00750. The number of H-pyrrole nitrogens is 1. The second-order valence-electron chi connectivity index (χ2n) is 4.68. The summed E-state index contributed by atoms with van der Waals surface area (Å²) in [4.78, 5) is 32.5. The Morgan fingerprint density at radius 2 is 2.24 bits per heavy atom. The van der Waals surface area contributed by atoms with E-state index in [-0.39, 0.29) is 23.1 Å². The number of hydrogen-bond donors (Lipinski definition) is 1. The van der Waals surface area contributed by atoms with Gasteiger partial charge >= 0.3 is 0 Å². The average molecular weight is 290 g/mol. The Balaban J connectivity index is 1.79. The van der Waals surface area contributed by atoms with E-state index >= 15 is 0 Å². The van der Waals surface area contributed by atoms with E-state index in [4.69, 9.17) is 9.26 Å². The van der Waals surface area contributed by atoms with Gasteiger partial charge in [0, 0.05) is 25.1 Å². The van der Waals surface area contributed by atoms with Crippen LogP contribution in [-0.4, -0.2) is 46.1 Å². The second-order valence-corrected chi connectivity index (χ2v) is 4.68. The molecule has 1 amide bonds. The lowest BCUT2D eigenvalue weighted by Gasteiger charge is -2.17. The molecule has 0 unspecified atom stereocenters. The van der Waals surface area contributed by atoms with Crippen molar-refractivity contribution in [1.29, 1.82) is 0 Å². The Morgan fingerprint density at radius 3 is 3.00 bits per heavy atom. The van der Waals surface area contributed by atoms with E-state index in [9.17, 15) is 9.59 Å². The maximum absolute atomic E-state index is 12.3. The minimum absolute atomic E-state index is 0.125. The Bertz CT molecular complexity index is 721. The quantitative estimate of drug-likeness (QED) is 0.836. The van der Waals surface area contributed by atoms with Crippen LogP contribution in [0.25, 0.3) is 0 Å². The summed E-state index contributed by atoms with van der Waals surface area (Å²) >= 11 is 0. The molecule has 21 heavy (non-hydrogen) atoms. The van der Waals surface area contributed by atoms with Gasteiger partial charge in [-0.3, -0.25) is 9.59 Å². The van der Waals surface area contributed by atoms with Gasteiger partial charge in [0.25, 0.3) is 17.3 Å². The van der Waals surface area contributed by atoms with E-state index in [0.29, 0.717) is 31.5 Å². The standard InChI is InChI=1S/C13H14N4O4/c1-20-11-6-10(21-16-11)13(19)17-4-2-8-9(3-5-17)14-7-15-12(8)18/h6-7H,2-5H2,1H3,(H,14,15,18). The first-order valence-corrected chi connectivity index (χ1v) is 6.54. The van der Waals surface area contributed by atoms with Crippen LogP contribution in [0, 0.1) is 0 Å². The minimum Gasteiger partial charge on any atom is -0.479 e. The lowest BCUT2D eigenvalue weighted by Crippen LogP contribution is -2.33. The van der Waals surface area contributed by atoms with E-state index < -0.39 is 0 Å². The van der Waals surface area contributed by atoms with E-state index in [1.165, 1.54) is 19.5 Å². The second kappa shape index (κ2) is 5.39. The van der Waals surface area contributed by atoms with Crippen molar-refractivity contribution in [3.05, 3.63) is 39.8 Å². The number of amides is 1. The van der Waals surface area contributed by atoms with Crippen molar-refractivity contribution in [3.63, 3.8) is 0 Å². The average Bonchev–Trinajstić information content (AvgIpc) is 2.87. The molecule has 3 rings (SSSR count).